The second kappa shape index (κ2) is 8.36. The average molecular weight is 385 g/mol. The summed E-state index contributed by atoms with van der Waals surface area (Å²) in [7, 11) is 0. The fraction of sp³-hybridized carbons (Fsp3) is 0.429. The molecule has 150 valence electrons. The number of azo groups is 1. The summed E-state index contributed by atoms with van der Waals surface area (Å²) in [5.41, 5.74) is 6.40. The smallest absolute Gasteiger partial charge is 0.156 e. The van der Waals surface area contributed by atoms with Crippen molar-refractivity contribution in [3.05, 3.63) is 52.6 Å². The van der Waals surface area contributed by atoms with Crippen LogP contribution < -0.4 is 5.32 Å². The predicted octanol–water partition coefficient (Wildman–Crippen LogP) is 3.19. The summed E-state index contributed by atoms with van der Waals surface area (Å²) in [5, 5.41) is 41.5. The quantitative estimate of drug-likeness (QED) is 0.605. The lowest BCUT2D eigenvalue weighted by Gasteiger charge is -2.36. The zero-order chi connectivity index (χ0) is 20.4. The maximum Gasteiger partial charge on any atom is 0.156 e. The van der Waals surface area contributed by atoms with Crippen LogP contribution in [-0.4, -0.2) is 46.5 Å². The van der Waals surface area contributed by atoms with Crippen molar-refractivity contribution >= 4 is 17.1 Å². The zero-order valence-corrected chi connectivity index (χ0v) is 16.5. The molecule has 4 unspecified atom stereocenters. The normalized spacial score (nSPS) is 25.2. The largest absolute Gasteiger partial charge is 0.388 e. The van der Waals surface area contributed by atoms with Crippen molar-refractivity contribution in [2.45, 2.75) is 52.2 Å². The van der Waals surface area contributed by atoms with Crippen LogP contribution in [0.1, 0.15) is 22.3 Å². The number of hydrogen-bond donors (Lipinski definition) is 4. The Balaban J connectivity index is 1.88. The summed E-state index contributed by atoms with van der Waals surface area (Å²) in [5.74, 6) is 0. The van der Waals surface area contributed by atoms with Gasteiger partial charge in [0.2, 0.25) is 0 Å². The Labute approximate surface area is 164 Å². The number of aryl methyl sites for hydroxylation is 4. The van der Waals surface area contributed by atoms with Crippen LogP contribution in [0.3, 0.4) is 0 Å². The second-order valence-corrected chi connectivity index (χ2v) is 7.37. The molecule has 3 rings (SSSR count). The molecule has 1 fully saturated rings. The number of rotatable bonds is 4. The lowest BCUT2D eigenvalue weighted by atomic mass is 10.0. The van der Waals surface area contributed by atoms with Crippen LogP contribution in [0.15, 0.2) is 40.6 Å². The van der Waals surface area contributed by atoms with Crippen LogP contribution in [0, 0.1) is 27.7 Å². The molecule has 4 N–H and O–H groups in total. The van der Waals surface area contributed by atoms with E-state index in [1.54, 1.807) is 0 Å². The third kappa shape index (κ3) is 4.39. The van der Waals surface area contributed by atoms with Crippen LogP contribution in [0.25, 0.3) is 0 Å². The number of benzene rings is 2. The molecule has 0 aliphatic carbocycles. The molecule has 1 aliphatic rings. The summed E-state index contributed by atoms with van der Waals surface area (Å²) in [6.45, 7) is 7.96. The van der Waals surface area contributed by atoms with E-state index in [4.69, 9.17) is 4.74 Å². The predicted molar refractivity (Wildman–Crippen MR) is 107 cm³/mol. The topological polar surface area (TPSA) is 107 Å². The maximum atomic E-state index is 10.2. The van der Waals surface area contributed by atoms with Gasteiger partial charge in [-0.05, 0) is 74.2 Å². The molecule has 28 heavy (non-hydrogen) atoms. The monoisotopic (exact) mass is 385 g/mol. The molecule has 0 amide bonds. The fourth-order valence-electron chi connectivity index (χ4n) is 2.99. The third-order valence-electron chi connectivity index (χ3n) is 5.17. The lowest BCUT2D eigenvalue weighted by Crippen LogP contribution is -2.55. The van der Waals surface area contributed by atoms with Gasteiger partial charge in [0.15, 0.2) is 6.23 Å². The first-order valence-electron chi connectivity index (χ1n) is 9.29. The molecule has 7 nitrogen and oxygen atoms in total. The minimum atomic E-state index is -1.28. The van der Waals surface area contributed by atoms with Gasteiger partial charge in [-0.15, -0.1) is 5.11 Å². The van der Waals surface area contributed by atoms with E-state index in [2.05, 4.69) is 15.5 Å². The summed E-state index contributed by atoms with van der Waals surface area (Å²) in [6.07, 6.45) is -4.53. The Hall–Kier alpha value is -2.32. The third-order valence-corrected chi connectivity index (χ3v) is 5.17. The molecule has 0 spiro atoms. The first kappa shape index (κ1) is 20.4. The number of nitrogens with zero attached hydrogens (tertiary/aromatic N) is 2. The van der Waals surface area contributed by atoms with Gasteiger partial charge >= 0.3 is 0 Å². The SMILES string of the molecule is Cc1ccc(N=Nc2cc(C)c(C)cc2NC2OCC(O)C(O)C2O)cc1C. The molecule has 1 saturated heterocycles. The summed E-state index contributed by atoms with van der Waals surface area (Å²) < 4.78 is 5.45. The fourth-order valence-corrected chi connectivity index (χ4v) is 2.99. The van der Waals surface area contributed by atoms with Gasteiger partial charge in [0.1, 0.15) is 24.0 Å². The highest BCUT2D eigenvalue weighted by Crippen LogP contribution is 2.32. The van der Waals surface area contributed by atoms with E-state index in [1.165, 1.54) is 5.56 Å². The van der Waals surface area contributed by atoms with Gasteiger partial charge in [-0.1, -0.05) is 6.07 Å². The number of aliphatic hydroxyl groups is 3. The number of nitrogens with one attached hydrogen (secondary N) is 1. The average Bonchev–Trinajstić information content (AvgIpc) is 2.66. The molecule has 2 aromatic carbocycles. The molecule has 0 aromatic heterocycles. The molecule has 4 atom stereocenters. The molecule has 0 bridgehead atoms. The highest BCUT2D eigenvalue weighted by atomic mass is 16.5. The minimum Gasteiger partial charge on any atom is -0.388 e. The number of aliphatic hydroxyl groups excluding tert-OH is 3. The summed E-state index contributed by atoms with van der Waals surface area (Å²) >= 11 is 0. The van der Waals surface area contributed by atoms with Gasteiger partial charge in [-0.2, -0.15) is 5.11 Å². The number of ether oxygens (including phenoxy) is 1. The molecule has 1 heterocycles. The van der Waals surface area contributed by atoms with Crippen LogP contribution in [0.5, 0.6) is 0 Å². The van der Waals surface area contributed by atoms with E-state index < -0.39 is 24.5 Å². The van der Waals surface area contributed by atoms with E-state index >= 15 is 0 Å². The van der Waals surface area contributed by atoms with Gasteiger partial charge in [0, 0.05) is 0 Å². The maximum absolute atomic E-state index is 10.2. The summed E-state index contributed by atoms with van der Waals surface area (Å²) in [4.78, 5) is 0. The molecule has 7 heteroatoms. The molecular formula is C21H27N3O4. The molecule has 1 aliphatic heterocycles. The summed E-state index contributed by atoms with van der Waals surface area (Å²) in [6, 6.07) is 9.69. The minimum absolute atomic E-state index is 0.0692. The van der Waals surface area contributed by atoms with Crippen molar-refractivity contribution in [2.75, 3.05) is 11.9 Å². The Morgan fingerprint density at radius 2 is 1.54 bits per heavy atom. The first-order chi connectivity index (χ1) is 13.3. The van der Waals surface area contributed by atoms with E-state index in [0.29, 0.717) is 11.4 Å². The Bertz CT molecular complexity index is 884. The van der Waals surface area contributed by atoms with Crippen molar-refractivity contribution in [1.29, 1.82) is 0 Å². The second-order valence-electron chi connectivity index (χ2n) is 7.37. The molecular weight excluding hydrogens is 358 g/mol. The van der Waals surface area contributed by atoms with Crippen LogP contribution >= 0.6 is 0 Å². The van der Waals surface area contributed by atoms with E-state index in [-0.39, 0.29) is 6.61 Å². The van der Waals surface area contributed by atoms with Gasteiger partial charge < -0.3 is 25.4 Å². The van der Waals surface area contributed by atoms with Crippen LogP contribution in [-0.2, 0) is 4.74 Å². The van der Waals surface area contributed by atoms with Gasteiger partial charge in [-0.25, -0.2) is 0 Å². The molecule has 0 radical (unpaired) electrons. The van der Waals surface area contributed by atoms with E-state index in [9.17, 15) is 15.3 Å². The highest BCUT2D eigenvalue weighted by molar-refractivity contribution is 5.68. The van der Waals surface area contributed by atoms with Crippen molar-refractivity contribution < 1.29 is 20.1 Å². The Morgan fingerprint density at radius 3 is 2.25 bits per heavy atom. The van der Waals surface area contributed by atoms with Crippen molar-refractivity contribution in [3.8, 4) is 0 Å². The lowest BCUT2D eigenvalue weighted by molar-refractivity contribution is -0.178. The van der Waals surface area contributed by atoms with Crippen LogP contribution in [0.2, 0.25) is 0 Å². The zero-order valence-electron chi connectivity index (χ0n) is 16.5. The van der Waals surface area contributed by atoms with Crippen molar-refractivity contribution in [2.24, 2.45) is 10.2 Å². The highest BCUT2D eigenvalue weighted by Gasteiger charge is 2.37. The van der Waals surface area contributed by atoms with Crippen molar-refractivity contribution in [3.63, 3.8) is 0 Å². The first-order valence-corrected chi connectivity index (χ1v) is 9.29. The van der Waals surface area contributed by atoms with Gasteiger partial charge in [0.25, 0.3) is 0 Å². The van der Waals surface area contributed by atoms with E-state index in [0.717, 1.165) is 22.4 Å². The van der Waals surface area contributed by atoms with Crippen molar-refractivity contribution in [1.82, 2.24) is 0 Å². The van der Waals surface area contributed by atoms with E-state index in [1.807, 2.05) is 58.0 Å². The standard InChI is InChI=1S/C21H27N3O4/c1-11-5-6-15(7-12(11)2)23-24-17-9-14(4)13(3)8-16(17)22-21-20(27)19(26)18(25)10-28-21/h5-9,18-22,25-27H,10H2,1-4H3. The van der Waals surface area contributed by atoms with Crippen LogP contribution in [0.4, 0.5) is 17.1 Å². The Kier molecular flexibility index (Phi) is 6.10. The molecule has 2 aromatic rings. The van der Waals surface area contributed by atoms with Gasteiger partial charge in [0.05, 0.1) is 18.0 Å². The number of anilines is 1. The molecule has 0 saturated carbocycles. The Morgan fingerprint density at radius 1 is 0.857 bits per heavy atom. The number of hydrogen-bond acceptors (Lipinski definition) is 7. The van der Waals surface area contributed by atoms with Gasteiger partial charge in [-0.3, -0.25) is 0 Å².